The lowest BCUT2D eigenvalue weighted by Crippen LogP contribution is -2.34. The van der Waals surface area contributed by atoms with Crippen molar-refractivity contribution in [1.29, 1.82) is 0 Å². The molecule has 4 heteroatoms. The standard InChI is InChI=1S/C17H22FNOS/c1-12-9-13(5-8-16(12)18)20-11-15-7-6-14(21-15)10-19-17(2,3)4/h5-9,19H,10-11H2,1-4H3. The molecule has 0 atom stereocenters. The number of halogens is 1. The van der Waals surface area contributed by atoms with Gasteiger partial charge in [-0.1, -0.05) is 0 Å². The lowest BCUT2D eigenvalue weighted by Gasteiger charge is -2.19. The van der Waals surface area contributed by atoms with E-state index >= 15 is 0 Å². The summed E-state index contributed by atoms with van der Waals surface area (Å²) >= 11 is 1.74. The Morgan fingerprint density at radius 1 is 1.14 bits per heavy atom. The highest BCUT2D eigenvalue weighted by Crippen LogP contribution is 2.21. The van der Waals surface area contributed by atoms with Crippen molar-refractivity contribution < 1.29 is 9.13 Å². The molecule has 0 radical (unpaired) electrons. The summed E-state index contributed by atoms with van der Waals surface area (Å²) in [5.74, 6) is 0.505. The van der Waals surface area contributed by atoms with E-state index in [-0.39, 0.29) is 11.4 Å². The molecule has 2 nitrogen and oxygen atoms in total. The lowest BCUT2D eigenvalue weighted by molar-refractivity contribution is 0.309. The molecule has 0 aliphatic carbocycles. The van der Waals surface area contributed by atoms with Gasteiger partial charge >= 0.3 is 0 Å². The van der Waals surface area contributed by atoms with E-state index in [1.165, 1.54) is 15.8 Å². The van der Waals surface area contributed by atoms with Crippen molar-refractivity contribution in [3.05, 3.63) is 51.5 Å². The molecule has 0 spiro atoms. The lowest BCUT2D eigenvalue weighted by atomic mass is 10.1. The van der Waals surface area contributed by atoms with E-state index in [9.17, 15) is 4.39 Å². The third-order valence-electron chi connectivity index (χ3n) is 3.02. The average Bonchev–Trinajstić information content (AvgIpc) is 2.85. The second kappa shape index (κ2) is 6.58. The highest BCUT2D eigenvalue weighted by molar-refractivity contribution is 7.11. The largest absolute Gasteiger partial charge is 0.488 e. The van der Waals surface area contributed by atoms with Gasteiger partial charge in [0.15, 0.2) is 0 Å². The summed E-state index contributed by atoms with van der Waals surface area (Å²) in [6.07, 6.45) is 0. The number of ether oxygens (including phenoxy) is 1. The molecule has 2 aromatic rings. The van der Waals surface area contributed by atoms with Gasteiger partial charge in [-0.3, -0.25) is 0 Å². The van der Waals surface area contributed by atoms with Crippen LogP contribution in [0.5, 0.6) is 5.75 Å². The quantitative estimate of drug-likeness (QED) is 0.867. The Kier molecular flexibility index (Phi) is 5.01. The van der Waals surface area contributed by atoms with Crippen LogP contribution in [0.1, 0.15) is 36.1 Å². The minimum atomic E-state index is -0.200. The molecule has 0 bridgehead atoms. The predicted molar refractivity (Wildman–Crippen MR) is 86.4 cm³/mol. The van der Waals surface area contributed by atoms with E-state index < -0.39 is 0 Å². The van der Waals surface area contributed by atoms with Crippen molar-refractivity contribution in [2.24, 2.45) is 0 Å². The molecular formula is C17H22FNOS. The summed E-state index contributed by atoms with van der Waals surface area (Å²) in [4.78, 5) is 2.46. The maximum atomic E-state index is 13.2. The third-order valence-corrected chi connectivity index (χ3v) is 4.08. The zero-order valence-electron chi connectivity index (χ0n) is 13.0. The normalized spacial score (nSPS) is 11.7. The Bertz CT molecular complexity index is 601. The Balaban J connectivity index is 1.89. The second-order valence-electron chi connectivity index (χ2n) is 6.17. The number of hydrogen-bond acceptors (Lipinski definition) is 3. The molecule has 1 aromatic carbocycles. The molecule has 0 amide bonds. The molecule has 114 valence electrons. The summed E-state index contributed by atoms with van der Waals surface area (Å²) in [6.45, 7) is 9.59. The summed E-state index contributed by atoms with van der Waals surface area (Å²) in [5.41, 5.74) is 0.723. The molecule has 0 unspecified atom stereocenters. The molecular weight excluding hydrogens is 285 g/mol. The maximum absolute atomic E-state index is 13.2. The van der Waals surface area contributed by atoms with Crippen molar-refractivity contribution in [3.8, 4) is 5.75 Å². The van der Waals surface area contributed by atoms with Crippen LogP contribution in [-0.4, -0.2) is 5.54 Å². The molecule has 21 heavy (non-hydrogen) atoms. The number of aryl methyl sites for hydroxylation is 1. The van der Waals surface area contributed by atoms with E-state index in [1.807, 2.05) is 0 Å². The number of rotatable bonds is 5. The Hall–Kier alpha value is -1.39. The molecule has 1 heterocycles. The fourth-order valence-corrected chi connectivity index (χ4v) is 2.68. The topological polar surface area (TPSA) is 21.3 Å². The first-order valence-corrected chi connectivity index (χ1v) is 7.87. The van der Waals surface area contributed by atoms with E-state index in [0.717, 1.165) is 6.54 Å². The summed E-state index contributed by atoms with van der Waals surface area (Å²) in [7, 11) is 0. The number of hydrogen-bond donors (Lipinski definition) is 1. The SMILES string of the molecule is Cc1cc(OCc2ccc(CNC(C)(C)C)s2)ccc1F. The maximum Gasteiger partial charge on any atom is 0.126 e. The summed E-state index contributed by atoms with van der Waals surface area (Å²) < 4.78 is 18.9. The van der Waals surface area contributed by atoms with Crippen LogP contribution in [0.15, 0.2) is 30.3 Å². The molecule has 0 fully saturated rings. The monoisotopic (exact) mass is 307 g/mol. The molecule has 0 saturated heterocycles. The van der Waals surface area contributed by atoms with E-state index in [4.69, 9.17) is 4.74 Å². The number of nitrogens with one attached hydrogen (secondary N) is 1. The summed E-state index contributed by atoms with van der Waals surface area (Å²) in [5, 5.41) is 3.47. The van der Waals surface area contributed by atoms with Crippen LogP contribution < -0.4 is 10.1 Å². The van der Waals surface area contributed by atoms with Crippen LogP contribution in [0.4, 0.5) is 4.39 Å². The zero-order valence-corrected chi connectivity index (χ0v) is 13.8. The first-order chi connectivity index (χ1) is 9.83. The Morgan fingerprint density at radius 2 is 1.86 bits per heavy atom. The summed E-state index contributed by atoms with van der Waals surface area (Å²) in [6, 6.07) is 9.04. The van der Waals surface area contributed by atoms with Crippen LogP contribution in [0, 0.1) is 12.7 Å². The second-order valence-corrected chi connectivity index (χ2v) is 7.42. The van der Waals surface area contributed by atoms with Crippen LogP contribution in [0.2, 0.25) is 0 Å². The van der Waals surface area contributed by atoms with Gasteiger partial charge in [-0.25, -0.2) is 4.39 Å². The fraction of sp³-hybridized carbons (Fsp3) is 0.412. The third kappa shape index (κ3) is 5.14. The smallest absolute Gasteiger partial charge is 0.126 e. The Labute approximate surface area is 130 Å². The minimum absolute atomic E-state index is 0.117. The molecule has 0 aliphatic heterocycles. The van der Waals surface area contributed by atoms with Crippen LogP contribution >= 0.6 is 11.3 Å². The van der Waals surface area contributed by atoms with Gasteiger partial charge in [0.2, 0.25) is 0 Å². The highest BCUT2D eigenvalue weighted by atomic mass is 32.1. The Morgan fingerprint density at radius 3 is 2.52 bits per heavy atom. The molecule has 0 aliphatic rings. The molecule has 1 aromatic heterocycles. The van der Waals surface area contributed by atoms with Crippen molar-refractivity contribution in [3.63, 3.8) is 0 Å². The van der Waals surface area contributed by atoms with Crippen molar-refractivity contribution in [1.82, 2.24) is 5.32 Å². The molecule has 1 N–H and O–H groups in total. The van der Waals surface area contributed by atoms with Gasteiger partial charge in [0, 0.05) is 21.8 Å². The predicted octanol–water partition coefficient (Wildman–Crippen LogP) is 4.66. The zero-order chi connectivity index (χ0) is 15.5. The van der Waals surface area contributed by atoms with Gasteiger partial charge in [0.25, 0.3) is 0 Å². The number of thiophene rings is 1. The first kappa shape index (κ1) is 16.0. The van der Waals surface area contributed by atoms with E-state index in [2.05, 4.69) is 38.2 Å². The van der Waals surface area contributed by atoms with Crippen molar-refractivity contribution >= 4 is 11.3 Å². The van der Waals surface area contributed by atoms with Crippen molar-refractivity contribution in [2.75, 3.05) is 0 Å². The minimum Gasteiger partial charge on any atom is -0.488 e. The van der Waals surface area contributed by atoms with E-state index in [0.29, 0.717) is 17.9 Å². The highest BCUT2D eigenvalue weighted by Gasteiger charge is 2.09. The van der Waals surface area contributed by atoms with Crippen LogP contribution in [0.25, 0.3) is 0 Å². The van der Waals surface area contributed by atoms with Gasteiger partial charge in [-0.2, -0.15) is 0 Å². The van der Waals surface area contributed by atoms with E-state index in [1.54, 1.807) is 30.4 Å². The fourth-order valence-electron chi connectivity index (χ4n) is 1.81. The van der Waals surface area contributed by atoms with Crippen molar-refractivity contribution in [2.45, 2.75) is 46.4 Å². The van der Waals surface area contributed by atoms with Crippen LogP contribution in [-0.2, 0) is 13.2 Å². The van der Waals surface area contributed by atoms with Gasteiger partial charge in [-0.15, -0.1) is 11.3 Å². The van der Waals surface area contributed by atoms with Gasteiger partial charge in [0.05, 0.1) is 0 Å². The molecule has 0 saturated carbocycles. The molecule has 2 rings (SSSR count). The number of benzene rings is 1. The average molecular weight is 307 g/mol. The van der Waals surface area contributed by atoms with Gasteiger partial charge in [-0.05, 0) is 63.6 Å². The first-order valence-electron chi connectivity index (χ1n) is 7.05. The van der Waals surface area contributed by atoms with Gasteiger partial charge < -0.3 is 10.1 Å². The van der Waals surface area contributed by atoms with Crippen LogP contribution in [0.3, 0.4) is 0 Å². The van der Waals surface area contributed by atoms with Gasteiger partial charge in [0.1, 0.15) is 18.2 Å².